The van der Waals surface area contributed by atoms with E-state index in [1.807, 2.05) is 0 Å². The van der Waals surface area contributed by atoms with Crippen LogP contribution in [0.4, 0.5) is 0 Å². The highest BCUT2D eigenvalue weighted by Gasteiger charge is 2.05. The molecule has 0 saturated carbocycles. The Balaban J connectivity index is 0.00000361. The SMILES string of the molecule is Br.O=C(OCCCCCCCCCO)c1cccnc1. The number of hydrogen-bond donors (Lipinski definition) is 1. The molecule has 20 heavy (non-hydrogen) atoms. The summed E-state index contributed by atoms with van der Waals surface area (Å²) in [6.07, 6.45) is 10.7. The number of hydrogen-bond acceptors (Lipinski definition) is 4. The number of pyridine rings is 1. The van der Waals surface area contributed by atoms with Crippen molar-refractivity contribution in [3.05, 3.63) is 30.1 Å². The lowest BCUT2D eigenvalue weighted by Gasteiger charge is -2.04. The summed E-state index contributed by atoms with van der Waals surface area (Å²) in [5.74, 6) is -0.295. The fourth-order valence-electron chi connectivity index (χ4n) is 1.83. The molecule has 0 amide bonds. The molecule has 0 bridgehead atoms. The summed E-state index contributed by atoms with van der Waals surface area (Å²) in [6, 6.07) is 3.43. The number of aliphatic hydroxyl groups is 1. The van der Waals surface area contributed by atoms with Crippen LogP contribution in [0.5, 0.6) is 0 Å². The molecule has 0 aliphatic heterocycles. The number of aliphatic hydroxyl groups excluding tert-OH is 1. The Hall–Kier alpha value is -0.940. The second kappa shape index (κ2) is 13.1. The smallest absolute Gasteiger partial charge is 0.339 e. The lowest BCUT2D eigenvalue weighted by atomic mass is 10.1. The fourth-order valence-corrected chi connectivity index (χ4v) is 1.83. The summed E-state index contributed by atoms with van der Waals surface area (Å²) in [4.78, 5) is 15.4. The van der Waals surface area contributed by atoms with E-state index in [0.29, 0.717) is 18.8 Å². The molecule has 0 aliphatic carbocycles. The number of nitrogens with zero attached hydrogens (tertiary/aromatic N) is 1. The fraction of sp³-hybridized carbons (Fsp3) is 0.600. The van der Waals surface area contributed by atoms with E-state index in [9.17, 15) is 4.79 Å². The van der Waals surface area contributed by atoms with Gasteiger partial charge in [0.1, 0.15) is 0 Å². The molecule has 4 nitrogen and oxygen atoms in total. The first kappa shape index (κ1) is 19.1. The topological polar surface area (TPSA) is 59.4 Å². The van der Waals surface area contributed by atoms with Gasteiger partial charge in [-0.15, -0.1) is 17.0 Å². The first-order chi connectivity index (χ1) is 9.34. The average molecular weight is 346 g/mol. The highest BCUT2D eigenvalue weighted by atomic mass is 79.9. The van der Waals surface area contributed by atoms with Crippen LogP contribution < -0.4 is 0 Å². The summed E-state index contributed by atoms with van der Waals surface area (Å²) >= 11 is 0. The van der Waals surface area contributed by atoms with Crippen LogP contribution in [0.3, 0.4) is 0 Å². The zero-order valence-corrected chi connectivity index (χ0v) is 13.5. The molecule has 5 heteroatoms. The van der Waals surface area contributed by atoms with Gasteiger partial charge in [0.15, 0.2) is 0 Å². The van der Waals surface area contributed by atoms with Crippen molar-refractivity contribution < 1.29 is 14.6 Å². The van der Waals surface area contributed by atoms with E-state index in [2.05, 4.69) is 4.98 Å². The standard InChI is InChI=1S/C15H23NO3.BrH/c17-11-6-4-2-1-3-5-7-12-19-15(18)14-9-8-10-16-13-14;/h8-10,13,17H,1-7,11-12H2;1H. The molecular weight excluding hydrogens is 322 g/mol. The zero-order chi connectivity index (χ0) is 13.8. The van der Waals surface area contributed by atoms with Crippen LogP contribution in [0.2, 0.25) is 0 Å². The maximum atomic E-state index is 11.6. The van der Waals surface area contributed by atoms with Gasteiger partial charge in [-0.2, -0.15) is 0 Å². The van der Waals surface area contributed by atoms with Gasteiger partial charge in [-0.3, -0.25) is 4.98 Å². The van der Waals surface area contributed by atoms with Crippen LogP contribution in [0, 0.1) is 0 Å². The van der Waals surface area contributed by atoms with E-state index < -0.39 is 0 Å². The third-order valence-electron chi connectivity index (χ3n) is 2.93. The van der Waals surface area contributed by atoms with Crippen molar-refractivity contribution in [1.29, 1.82) is 0 Å². The van der Waals surface area contributed by atoms with Crippen molar-refractivity contribution >= 4 is 23.0 Å². The number of esters is 1. The maximum absolute atomic E-state index is 11.6. The molecule has 0 atom stereocenters. The zero-order valence-electron chi connectivity index (χ0n) is 11.8. The largest absolute Gasteiger partial charge is 0.462 e. The van der Waals surface area contributed by atoms with Gasteiger partial charge in [-0.1, -0.05) is 32.1 Å². The molecule has 1 rings (SSSR count). The van der Waals surface area contributed by atoms with Crippen molar-refractivity contribution in [2.45, 2.75) is 44.9 Å². The minimum absolute atomic E-state index is 0. The van der Waals surface area contributed by atoms with Crippen molar-refractivity contribution in [1.82, 2.24) is 4.98 Å². The van der Waals surface area contributed by atoms with E-state index >= 15 is 0 Å². The number of aromatic nitrogens is 1. The van der Waals surface area contributed by atoms with Crippen molar-refractivity contribution in [3.8, 4) is 0 Å². The monoisotopic (exact) mass is 345 g/mol. The van der Waals surface area contributed by atoms with Crippen LogP contribution in [0.25, 0.3) is 0 Å². The van der Waals surface area contributed by atoms with Gasteiger partial charge in [-0.05, 0) is 25.0 Å². The van der Waals surface area contributed by atoms with Gasteiger partial charge in [-0.25, -0.2) is 4.79 Å². The average Bonchev–Trinajstić information content (AvgIpc) is 2.46. The van der Waals surface area contributed by atoms with Crippen LogP contribution in [0.15, 0.2) is 24.5 Å². The minimum atomic E-state index is -0.295. The van der Waals surface area contributed by atoms with Gasteiger partial charge in [0.05, 0.1) is 12.2 Å². The summed E-state index contributed by atoms with van der Waals surface area (Å²) in [5.41, 5.74) is 0.506. The normalized spacial score (nSPS) is 9.85. The Morgan fingerprint density at radius 1 is 1.10 bits per heavy atom. The molecule has 1 N–H and O–H groups in total. The molecule has 0 spiro atoms. The van der Waals surface area contributed by atoms with E-state index in [1.54, 1.807) is 18.3 Å². The first-order valence-corrected chi connectivity index (χ1v) is 7.02. The first-order valence-electron chi connectivity index (χ1n) is 7.02. The van der Waals surface area contributed by atoms with Gasteiger partial charge >= 0.3 is 5.97 Å². The van der Waals surface area contributed by atoms with Crippen molar-refractivity contribution in [2.75, 3.05) is 13.2 Å². The third kappa shape index (κ3) is 9.04. The van der Waals surface area contributed by atoms with Crippen LogP contribution in [-0.4, -0.2) is 29.3 Å². The summed E-state index contributed by atoms with van der Waals surface area (Å²) < 4.78 is 5.16. The molecule has 0 aliphatic rings. The number of halogens is 1. The van der Waals surface area contributed by atoms with Crippen LogP contribution in [0.1, 0.15) is 55.3 Å². The molecule has 1 aromatic rings. The second-order valence-electron chi connectivity index (χ2n) is 4.58. The summed E-state index contributed by atoms with van der Waals surface area (Å²) in [5, 5.41) is 8.63. The van der Waals surface area contributed by atoms with Crippen molar-refractivity contribution in [3.63, 3.8) is 0 Å². The molecule has 1 heterocycles. The van der Waals surface area contributed by atoms with E-state index in [4.69, 9.17) is 9.84 Å². The third-order valence-corrected chi connectivity index (χ3v) is 2.93. The molecule has 0 aromatic carbocycles. The van der Waals surface area contributed by atoms with E-state index in [-0.39, 0.29) is 23.0 Å². The Kier molecular flexibility index (Phi) is 12.4. The molecule has 0 fully saturated rings. The predicted molar refractivity (Wildman–Crippen MR) is 84.2 cm³/mol. The molecular formula is C15H24BrNO3. The summed E-state index contributed by atoms with van der Waals surface area (Å²) in [7, 11) is 0. The van der Waals surface area contributed by atoms with Crippen LogP contribution in [-0.2, 0) is 4.74 Å². The minimum Gasteiger partial charge on any atom is -0.462 e. The molecule has 0 radical (unpaired) electrons. The predicted octanol–water partition coefficient (Wildman–Crippen LogP) is 3.54. The quantitative estimate of drug-likeness (QED) is 0.520. The van der Waals surface area contributed by atoms with E-state index in [1.165, 1.54) is 19.0 Å². The maximum Gasteiger partial charge on any atom is 0.339 e. The highest BCUT2D eigenvalue weighted by molar-refractivity contribution is 8.93. The highest BCUT2D eigenvalue weighted by Crippen LogP contribution is 2.07. The summed E-state index contributed by atoms with van der Waals surface area (Å²) in [6.45, 7) is 0.772. The number of ether oxygens (including phenoxy) is 1. The van der Waals surface area contributed by atoms with Gasteiger partial charge in [0.2, 0.25) is 0 Å². The Bertz CT molecular complexity index is 346. The molecule has 1 aromatic heterocycles. The van der Waals surface area contributed by atoms with E-state index in [0.717, 1.165) is 32.1 Å². The Morgan fingerprint density at radius 3 is 2.35 bits per heavy atom. The number of rotatable bonds is 10. The van der Waals surface area contributed by atoms with Crippen LogP contribution >= 0.6 is 17.0 Å². The number of carbonyl (C=O) groups is 1. The molecule has 0 unspecified atom stereocenters. The van der Waals surface area contributed by atoms with Crippen molar-refractivity contribution in [2.24, 2.45) is 0 Å². The van der Waals surface area contributed by atoms with Gasteiger partial charge in [0.25, 0.3) is 0 Å². The van der Waals surface area contributed by atoms with Gasteiger partial charge in [0, 0.05) is 19.0 Å². The Labute approximate surface area is 131 Å². The second-order valence-corrected chi connectivity index (χ2v) is 4.58. The lowest BCUT2D eigenvalue weighted by molar-refractivity contribution is 0.0497. The number of unbranched alkanes of at least 4 members (excludes halogenated alkanes) is 6. The Morgan fingerprint density at radius 2 is 1.75 bits per heavy atom. The van der Waals surface area contributed by atoms with Gasteiger partial charge < -0.3 is 9.84 Å². The lowest BCUT2D eigenvalue weighted by Crippen LogP contribution is -2.06. The molecule has 114 valence electrons. The molecule has 0 saturated heterocycles. The number of carbonyl (C=O) groups excluding carboxylic acids is 1.